The zero-order chi connectivity index (χ0) is 30.9. The second-order valence-electron chi connectivity index (χ2n) is 9.43. The minimum absolute atomic E-state index is 0.0965. The Kier molecular flexibility index (Phi) is 7.05. The first-order valence-electron chi connectivity index (χ1n) is 13.2. The lowest BCUT2D eigenvalue weighted by Gasteiger charge is -2.27. The van der Waals surface area contributed by atoms with Crippen LogP contribution in [0.2, 0.25) is 0 Å². The first-order valence-corrected chi connectivity index (χ1v) is 12.2. The fourth-order valence-corrected chi connectivity index (χ4v) is 5.08. The summed E-state index contributed by atoms with van der Waals surface area (Å²) in [5, 5.41) is 4.27. The molecular formula is C27H26N6O8. The van der Waals surface area contributed by atoms with Gasteiger partial charge in [-0.3, -0.25) is 58.8 Å². The molecule has 2 aromatic rings. The summed E-state index contributed by atoms with van der Waals surface area (Å²) < 4.78 is 5.75. The van der Waals surface area contributed by atoms with Crippen LogP contribution in [0.15, 0.2) is 36.4 Å². The van der Waals surface area contributed by atoms with Crippen LogP contribution in [0, 0.1) is 0 Å². The summed E-state index contributed by atoms with van der Waals surface area (Å²) in [6.07, 6.45) is 0.463. The second kappa shape index (κ2) is 10.6. The van der Waals surface area contributed by atoms with Gasteiger partial charge in [0.25, 0.3) is 23.6 Å². The Bertz CT molecular complexity index is 1460. The summed E-state index contributed by atoms with van der Waals surface area (Å²) in [5.74, 6) is -4.33. The Morgan fingerprint density at radius 1 is 0.634 bits per heavy atom. The van der Waals surface area contributed by atoms with Crippen LogP contribution >= 0.6 is 0 Å². The smallest absolute Gasteiger partial charge is 0.264 e. The number of nitrogen functional groups attached to an aromatic ring is 2. The Hall–Kier alpha value is -5.40. The highest BCUT2D eigenvalue weighted by Gasteiger charge is 2.46. The molecule has 2 atom stereocenters. The number of nitrogens with zero attached hydrogens (tertiary/aromatic N) is 2. The van der Waals surface area contributed by atoms with Crippen molar-refractivity contribution in [3.8, 4) is 0 Å². The number of carbonyl (C=O) groups excluding carboxylic acids is 8. The molecule has 14 nitrogen and oxygen atoms in total. The highest BCUT2D eigenvalue weighted by atomic mass is 16.2. The number of amides is 8. The molecule has 41 heavy (non-hydrogen) atoms. The molecule has 0 saturated carbocycles. The van der Waals surface area contributed by atoms with E-state index in [2.05, 4.69) is 10.6 Å². The first-order chi connectivity index (χ1) is 20.0. The quantitative estimate of drug-likeness (QED) is 0.282. The van der Waals surface area contributed by atoms with E-state index in [-0.39, 0.29) is 59.3 Å². The summed E-state index contributed by atoms with van der Waals surface area (Å²) in [7, 11) is 1.25. The van der Waals surface area contributed by atoms with E-state index in [0.717, 1.165) is 9.80 Å². The van der Waals surface area contributed by atoms with Gasteiger partial charge in [0.1, 0.15) is 12.1 Å². The van der Waals surface area contributed by atoms with Crippen molar-refractivity contribution in [1.82, 2.24) is 20.4 Å². The molecule has 4 heterocycles. The van der Waals surface area contributed by atoms with Crippen molar-refractivity contribution in [2.75, 3.05) is 11.5 Å². The number of anilines is 2. The predicted molar refractivity (Wildman–Crippen MR) is 142 cm³/mol. The maximum atomic E-state index is 12.3. The molecule has 0 aromatic heterocycles. The lowest BCUT2D eigenvalue weighted by atomic mass is 10.0. The van der Waals surface area contributed by atoms with Crippen molar-refractivity contribution in [2.24, 2.45) is 0 Å². The molecule has 2 saturated heterocycles. The zero-order valence-corrected chi connectivity index (χ0v) is 21.8. The lowest BCUT2D eigenvalue weighted by Crippen LogP contribution is -2.54. The van der Waals surface area contributed by atoms with Gasteiger partial charge in [-0.2, -0.15) is 0 Å². The highest BCUT2D eigenvalue weighted by molar-refractivity contribution is 6.26. The van der Waals surface area contributed by atoms with E-state index in [4.69, 9.17) is 12.8 Å². The van der Waals surface area contributed by atoms with Crippen molar-refractivity contribution >= 4 is 58.6 Å². The van der Waals surface area contributed by atoms with E-state index < -0.39 is 59.3 Å². The summed E-state index contributed by atoms with van der Waals surface area (Å²) in [5.41, 5.74) is 12.5. The minimum Gasteiger partial charge on any atom is -0.398 e. The fraction of sp³-hybridized carbons (Fsp3) is 0.259. The second-order valence-corrected chi connectivity index (χ2v) is 9.43. The van der Waals surface area contributed by atoms with Gasteiger partial charge < -0.3 is 11.5 Å². The average molecular weight is 564 g/mol. The van der Waals surface area contributed by atoms with E-state index >= 15 is 0 Å². The third kappa shape index (κ3) is 4.68. The van der Waals surface area contributed by atoms with Crippen molar-refractivity contribution < 1.29 is 39.7 Å². The van der Waals surface area contributed by atoms with Gasteiger partial charge in [-0.25, -0.2) is 0 Å². The number of imide groups is 4. The van der Waals surface area contributed by atoms with E-state index in [1.54, 1.807) is 12.1 Å². The monoisotopic (exact) mass is 563 g/mol. The van der Waals surface area contributed by atoms with E-state index in [1.165, 1.54) is 31.7 Å². The van der Waals surface area contributed by atoms with Crippen LogP contribution in [0.25, 0.3) is 0 Å². The number of piperidine rings is 2. The summed E-state index contributed by atoms with van der Waals surface area (Å²) in [6.45, 7) is 0. The summed E-state index contributed by atoms with van der Waals surface area (Å²) >= 11 is 0. The molecule has 0 bridgehead atoms. The van der Waals surface area contributed by atoms with Gasteiger partial charge in [0.2, 0.25) is 23.6 Å². The van der Waals surface area contributed by atoms with Crippen molar-refractivity contribution in [2.45, 2.75) is 45.2 Å². The predicted octanol–water partition coefficient (Wildman–Crippen LogP) is -0.0239. The zero-order valence-electron chi connectivity index (χ0n) is 22.8. The van der Waals surface area contributed by atoms with Crippen molar-refractivity contribution in [1.29, 1.82) is 0 Å². The number of hydrogen-bond donors (Lipinski definition) is 4. The number of nitrogens with two attached hydrogens (primary N) is 2. The number of hydrogen-bond acceptors (Lipinski definition) is 10. The molecule has 4 aliphatic heterocycles. The molecule has 6 N–H and O–H groups in total. The summed E-state index contributed by atoms with van der Waals surface area (Å²) in [6, 6.07) is 7.28. The van der Waals surface area contributed by atoms with Gasteiger partial charge in [-0.05, 0) is 37.1 Å². The molecule has 2 fully saturated rings. The Balaban J connectivity index is 0.000000182. The van der Waals surface area contributed by atoms with Gasteiger partial charge in [-0.1, -0.05) is 19.5 Å². The van der Waals surface area contributed by atoms with E-state index in [9.17, 15) is 38.4 Å². The Morgan fingerprint density at radius 3 is 1.32 bits per heavy atom. The molecule has 2 aromatic carbocycles. The lowest BCUT2D eigenvalue weighted by molar-refractivity contribution is -0.137. The van der Waals surface area contributed by atoms with Crippen LogP contribution in [0.4, 0.5) is 11.4 Å². The molecule has 0 spiro atoms. The normalized spacial score (nSPS) is 21.6. The standard InChI is InChI=1S/2C13H11N3O4.CH4/c2*14-7-3-1-2-6-10(7)13(20)16(12(6)19)8-4-5-9(17)15-11(8)18;/h2*1-3,8H,4-5,14H2,(H,15,17,18);1H4/i;;1D. The van der Waals surface area contributed by atoms with E-state index in [1.807, 2.05) is 0 Å². The van der Waals surface area contributed by atoms with Crippen LogP contribution in [-0.4, -0.2) is 69.1 Å². The van der Waals surface area contributed by atoms with Crippen LogP contribution in [0.3, 0.4) is 0 Å². The maximum Gasteiger partial charge on any atom is 0.264 e. The molecule has 0 aliphatic carbocycles. The molecule has 6 rings (SSSR count). The van der Waals surface area contributed by atoms with Gasteiger partial charge >= 0.3 is 0 Å². The highest BCUT2D eigenvalue weighted by Crippen LogP contribution is 2.32. The van der Waals surface area contributed by atoms with Crippen LogP contribution in [0.1, 0.15) is 75.9 Å². The van der Waals surface area contributed by atoms with Gasteiger partial charge in [0, 0.05) is 25.6 Å². The number of fused-ring (bicyclic) bond motifs is 2. The van der Waals surface area contributed by atoms with Crippen molar-refractivity contribution in [3.05, 3.63) is 58.7 Å². The molecule has 4 aliphatic rings. The van der Waals surface area contributed by atoms with Crippen LogP contribution in [-0.2, 0) is 19.2 Å². The maximum absolute atomic E-state index is 12.3. The van der Waals surface area contributed by atoms with Crippen LogP contribution < -0.4 is 22.1 Å². The number of rotatable bonds is 2. The Labute approximate surface area is 234 Å². The topological polar surface area (TPSA) is 219 Å². The minimum atomic E-state index is -0.959. The first kappa shape index (κ1) is 27.2. The van der Waals surface area contributed by atoms with Gasteiger partial charge in [0.05, 0.1) is 22.3 Å². The fourth-order valence-electron chi connectivity index (χ4n) is 5.08. The number of benzene rings is 2. The van der Waals surface area contributed by atoms with E-state index in [0.29, 0.717) is 0 Å². The average Bonchev–Trinajstić information content (AvgIpc) is 3.36. The molecule has 212 valence electrons. The van der Waals surface area contributed by atoms with Gasteiger partial charge in [0.15, 0.2) is 0 Å². The molecule has 2 unspecified atom stereocenters. The molecule has 0 radical (unpaired) electrons. The SMILES string of the molecule is Nc1cccc2c1C(=O)N(C1CCC(=O)NC1=O)C2=O.Nc1cccc2c1C(=O)N(C1CCC(=O)NC1=O)C2=O.[2H]C. The summed E-state index contributed by atoms with van der Waals surface area (Å²) in [4.78, 5) is 96.8. The largest absolute Gasteiger partial charge is 0.398 e. The van der Waals surface area contributed by atoms with Crippen LogP contribution in [0.5, 0.6) is 0 Å². The van der Waals surface area contributed by atoms with Crippen molar-refractivity contribution in [3.63, 3.8) is 0 Å². The molecule has 14 heteroatoms. The third-order valence-corrected chi connectivity index (χ3v) is 7.00. The Morgan fingerprint density at radius 2 is 1.00 bits per heavy atom. The molecular weight excluding hydrogens is 536 g/mol. The number of nitrogens with one attached hydrogen (secondary N) is 2. The third-order valence-electron chi connectivity index (χ3n) is 7.00. The number of carbonyl (C=O) groups is 8. The molecule has 8 amide bonds. The van der Waals surface area contributed by atoms with Gasteiger partial charge in [-0.15, -0.1) is 0 Å².